The molecule has 1 aromatic carbocycles. The molecule has 0 saturated heterocycles. The Balaban J connectivity index is 0.000000448. The van der Waals surface area contributed by atoms with E-state index in [4.69, 9.17) is 0 Å². The first-order valence-corrected chi connectivity index (χ1v) is 10.4. The number of hydrogen-bond acceptors (Lipinski definition) is 1. The third kappa shape index (κ3) is 7.72. The first-order chi connectivity index (χ1) is 11.6. The van der Waals surface area contributed by atoms with Crippen molar-refractivity contribution in [3.8, 4) is 0 Å². The Bertz CT molecular complexity index is 439. The molecule has 0 heterocycles. The van der Waals surface area contributed by atoms with Gasteiger partial charge in [-0.1, -0.05) is 38.3 Å². The predicted octanol–water partition coefficient (Wildman–Crippen LogP) is 4.17. The topological polar surface area (TPSA) is 3.24 Å². The number of hydrogen-bond donors (Lipinski definition) is 0. The van der Waals surface area contributed by atoms with Crippen LogP contribution in [0.3, 0.4) is 0 Å². The van der Waals surface area contributed by atoms with Crippen LogP contribution in [-0.2, 0) is 17.1 Å². The van der Waals surface area contributed by atoms with Crippen LogP contribution in [0.4, 0.5) is 0 Å². The summed E-state index contributed by atoms with van der Waals surface area (Å²) in [5.74, 6) is 2.99. The zero-order valence-corrected chi connectivity index (χ0v) is 17.5. The molecule has 132 valence electrons. The van der Waals surface area contributed by atoms with Gasteiger partial charge < -0.3 is 4.90 Å². The molecule has 0 spiro atoms. The molecular weight excluding hydrogens is 365 g/mol. The van der Waals surface area contributed by atoms with Gasteiger partial charge in [-0.05, 0) is 96.4 Å². The van der Waals surface area contributed by atoms with Crippen LogP contribution in [0.5, 0.6) is 0 Å². The summed E-state index contributed by atoms with van der Waals surface area (Å²) >= 11 is 0. The molecule has 10 radical (unpaired) electrons. The molecule has 1 unspecified atom stereocenters. The summed E-state index contributed by atoms with van der Waals surface area (Å²) in [4.78, 5) is 2.28. The maximum absolute atomic E-state index is 2.38. The molecule has 0 aromatic heterocycles. The first-order valence-electron chi connectivity index (χ1n) is 8.43. The van der Waals surface area contributed by atoms with Crippen molar-refractivity contribution in [3.63, 3.8) is 0 Å². The molecule has 1 aromatic rings. The van der Waals surface area contributed by atoms with Crippen molar-refractivity contribution in [2.24, 2.45) is 0 Å². The molecule has 25 heavy (non-hydrogen) atoms. The van der Waals surface area contributed by atoms with Gasteiger partial charge >= 0.3 is 17.1 Å². The molecule has 2 saturated carbocycles. The van der Waals surface area contributed by atoms with Gasteiger partial charge in [0.1, 0.15) is 0 Å². The quantitative estimate of drug-likeness (QED) is 0.536. The average Bonchev–Trinajstić information content (AvgIpc) is 3.29. The van der Waals surface area contributed by atoms with Gasteiger partial charge in [-0.15, -0.1) is 0 Å². The Morgan fingerprint density at radius 3 is 1.96 bits per heavy atom. The Hall–Kier alpha value is 0.129. The van der Waals surface area contributed by atoms with E-state index in [9.17, 15) is 0 Å². The van der Waals surface area contributed by atoms with Gasteiger partial charge in [0, 0.05) is 12.0 Å². The summed E-state index contributed by atoms with van der Waals surface area (Å²) in [5, 5.41) is 1.49. The Morgan fingerprint density at radius 2 is 1.44 bits per heavy atom. The normalized spacial score (nSPS) is 20.7. The molecule has 2 fully saturated rings. The van der Waals surface area contributed by atoms with Crippen LogP contribution in [0.25, 0.3) is 0 Å². The maximum atomic E-state index is 2.38. The van der Waals surface area contributed by atoms with E-state index >= 15 is 0 Å². The third-order valence-electron chi connectivity index (χ3n) is 4.33. The average molecular weight is 393 g/mol. The number of nitrogens with zero attached hydrogens (tertiary/aromatic N) is 1. The van der Waals surface area contributed by atoms with Gasteiger partial charge in [0.25, 0.3) is 0 Å². The van der Waals surface area contributed by atoms with Gasteiger partial charge in [-0.25, -0.2) is 0 Å². The van der Waals surface area contributed by atoms with E-state index in [1.165, 1.54) is 23.3 Å². The van der Waals surface area contributed by atoms with E-state index in [-0.39, 0.29) is 25.0 Å². The number of rotatable bonds is 5. The SMILES string of the molecule is C[C@H]([C]1[CH][CH][CH][C]1CP(C)c1ccccc1)N(C)C.[CH]1[CH][CH][CH][CH]1.[Fe+2]. The van der Waals surface area contributed by atoms with Crippen molar-refractivity contribution in [2.75, 3.05) is 26.9 Å². The summed E-state index contributed by atoms with van der Waals surface area (Å²) in [6.07, 6.45) is 17.9. The second-order valence-corrected chi connectivity index (χ2v) is 8.53. The molecule has 2 atom stereocenters. The Kier molecular flexibility index (Phi) is 11.6. The van der Waals surface area contributed by atoms with Crippen LogP contribution in [-0.4, -0.2) is 37.9 Å². The van der Waals surface area contributed by atoms with E-state index in [1.807, 2.05) is 32.1 Å². The van der Waals surface area contributed by atoms with Crippen LogP contribution < -0.4 is 5.30 Å². The van der Waals surface area contributed by atoms with Crippen molar-refractivity contribution in [3.05, 3.63) is 93.5 Å². The third-order valence-corrected chi connectivity index (χ3v) is 6.32. The minimum Gasteiger partial charge on any atom is -0.306 e. The fraction of sp³-hybridized carbons (Fsp3) is 0.273. The molecule has 0 amide bonds. The second-order valence-electron chi connectivity index (χ2n) is 6.30. The molecule has 0 bridgehead atoms. The summed E-state index contributed by atoms with van der Waals surface area (Å²) in [5.41, 5.74) is 0. The molecular formula is C22H28FeNP+2. The minimum absolute atomic E-state index is 0. The van der Waals surface area contributed by atoms with Crippen molar-refractivity contribution >= 4 is 13.2 Å². The van der Waals surface area contributed by atoms with Gasteiger partial charge in [0.05, 0.1) is 0 Å². The summed E-state index contributed by atoms with van der Waals surface area (Å²) < 4.78 is 0. The summed E-state index contributed by atoms with van der Waals surface area (Å²) in [7, 11) is 4.19. The maximum Gasteiger partial charge on any atom is 2.00 e. The van der Waals surface area contributed by atoms with Crippen LogP contribution in [0.1, 0.15) is 6.92 Å². The van der Waals surface area contributed by atoms with E-state index in [0.29, 0.717) is 6.04 Å². The van der Waals surface area contributed by atoms with Gasteiger partial charge in [-0.2, -0.15) is 0 Å². The van der Waals surface area contributed by atoms with Crippen molar-refractivity contribution in [1.82, 2.24) is 4.90 Å². The zero-order valence-electron chi connectivity index (χ0n) is 15.5. The van der Waals surface area contributed by atoms with Gasteiger partial charge in [-0.3, -0.25) is 0 Å². The monoisotopic (exact) mass is 393 g/mol. The molecule has 3 rings (SSSR count). The van der Waals surface area contributed by atoms with Gasteiger partial charge in [0.2, 0.25) is 0 Å². The molecule has 3 heteroatoms. The Morgan fingerprint density at radius 1 is 0.880 bits per heavy atom. The molecule has 0 N–H and O–H groups in total. The Labute approximate surface area is 168 Å². The molecule has 0 aliphatic heterocycles. The number of benzene rings is 1. The van der Waals surface area contributed by atoms with Crippen LogP contribution in [0, 0.1) is 63.2 Å². The zero-order chi connectivity index (χ0) is 17.4. The van der Waals surface area contributed by atoms with Crippen LogP contribution in [0.15, 0.2) is 30.3 Å². The van der Waals surface area contributed by atoms with Crippen LogP contribution in [0.2, 0.25) is 0 Å². The summed E-state index contributed by atoms with van der Waals surface area (Å²) in [6.45, 7) is 4.65. The first kappa shape index (κ1) is 23.2. The van der Waals surface area contributed by atoms with E-state index in [0.717, 1.165) is 0 Å². The van der Waals surface area contributed by atoms with Crippen molar-refractivity contribution < 1.29 is 17.1 Å². The molecule has 2 aliphatic rings. The van der Waals surface area contributed by atoms with E-state index in [1.54, 1.807) is 0 Å². The largest absolute Gasteiger partial charge is 2.00 e. The predicted molar refractivity (Wildman–Crippen MR) is 108 cm³/mol. The fourth-order valence-electron chi connectivity index (χ4n) is 2.65. The fourth-order valence-corrected chi connectivity index (χ4v) is 4.31. The van der Waals surface area contributed by atoms with Crippen LogP contribution >= 0.6 is 7.92 Å². The second kappa shape index (κ2) is 12.5. The minimum atomic E-state index is -0.105. The van der Waals surface area contributed by atoms with Crippen molar-refractivity contribution in [2.45, 2.75) is 13.0 Å². The standard InChI is InChI=1S/C17H23NP.C5H5.Fe/c1-14(18(2)3)17-12-8-9-15(17)13-19(4)16-10-6-5-7-11-16;1-2-4-5-3-1;/h5-12,14H,13H2,1-4H3;1-5H;/q;;+2/t14-,19?;;/m1../s1. The van der Waals surface area contributed by atoms with Gasteiger partial charge in [0.15, 0.2) is 0 Å². The van der Waals surface area contributed by atoms with E-state index in [2.05, 4.69) is 82.2 Å². The molecule has 2 aliphatic carbocycles. The van der Waals surface area contributed by atoms with Crippen molar-refractivity contribution in [1.29, 1.82) is 0 Å². The summed E-state index contributed by atoms with van der Waals surface area (Å²) in [6, 6.07) is 11.4. The molecule has 1 nitrogen and oxygen atoms in total. The van der Waals surface area contributed by atoms with E-state index < -0.39 is 0 Å². The smallest absolute Gasteiger partial charge is 0.306 e.